The summed E-state index contributed by atoms with van der Waals surface area (Å²) >= 11 is 1.60. The molecular formula is C11H15NOS. The molecule has 2 nitrogen and oxygen atoms in total. The molecule has 2 rings (SSSR count). The van der Waals surface area contributed by atoms with Crippen LogP contribution >= 0.6 is 11.3 Å². The Bertz CT molecular complexity index is 326. The van der Waals surface area contributed by atoms with E-state index in [4.69, 9.17) is 0 Å². The maximum atomic E-state index is 10.6. The van der Waals surface area contributed by atoms with E-state index in [2.05, 4.69) is 11.8 Å². The third-order valence-electron chi connectivity index (χ3n) is 2.75. The average molecular weight is 209 g/mol. The molecule has 1 saturated heterocycles. The highest BCUT2D eigenvalue weighted by atomic mass is 32.1. The molecule has 1 aliphatic rings. The van der Waals surface area contributed by atoms with Crippen LogP contribution < -0.4 is 0 Å². The number of carbonyl (C=O) groups is 1. The van der Waals surface area contributed by atoms with E-state index < -0.39 is 0 Å². The number of hydrogen-bond acceptors (Lipinski definition) is 3. The second-order valence-corrected chi connectivity index (χ2v) is 5.12. The Hall–Kier alpha value is -0.670. The summed E-state index contributed by atoms with van der Waals surface area (Å²) < 4.78 is 0. The normalized spacial score (nSPS) is 17.5. The number of carbonyl (C=O) groups excluding carboxylic acids is 1. The van der Waals surface area contributed by atoms with Crippen LogP contribution in [-0.2, 0) is 6.54 Å². The minimum absolute atomic E-state index is 0.858. The third kappa shape index (κ3) is 2.04. The lowest BCUT2D eigenvalue weighted by Gasteiger charge is -2.13. The summed E-state index contributed by atoms with van der Waals surface area (Å²) in [6.45, 7) is 5.55. The summed E-state index contributed by atoms with van der Waals surface area (Å²) in [5.74, 6) is 0. The Morgan fingerprint density at radius 3 is 2.79 bits per heavy atom. The number of aryl methyl sites for hydroxylation is 1. The maximum absolute atomic E-state index is 10.6. The number of likely N-dealkylation sites (tertiary alicyclic amines) is 1. The summed E-state index contributed by atoms with van der Waals surface area (Å²) in [6, 6.07) is 2.03. The van der Waals surface area contributed by atoms with E-state index >= 15 is 0 Å². The fourth-order valence-electron chi connectivity index (χ4n) is 1.94. The first kappa shape index (κ1) is 9.87. The van der Waals surface area contributed by atoms with Gasteiger partial charge in [0, 0.05) is 11.4 Å². The van der Waals surface area contributed by atoms with Gasteiger partial charge in [-0.25, -0.2) is 0 Å². The average Bonchev–Trinajstić information content (AvgIpc) is 2.78. The molecule has 76 valence electrons. The highest BCUT2D eigenvalue weighted by Gasteiger charge is 2.14. The summed E-state index contributed by atoms with van der Waals surface area (Å²) in [5.41, 5.74) is 1.33. The Labute approximate surface area is 88.5 Å². The van der Waals surface area contributed by atoms with Crippen molar-refractivity contribution in [3.8, 4) is 0 Å². The summed E-state index contributed by atoms with van der Waals surface area (Å²) in [6.07, 6.45) is 3.60. The Morgan fingerprint density at radius 1 is 1.50 bits per heavy atom. The van der Waals surface area contributed by atoms with Gasteiger partial charge >= 0.3 is 0 Å². The van der Waals surface area contributed by atoms with Crippen molar-refractivity contribution in [1.82, 2.24) is 4.90 Å². The Morgan fingerprint density at radius 2 is 2.21 bits per heavy atom. The highest BCUT2D eigenvalue weighted by Crippen LogP contribution is 2.22. The van der Waals surface area contributed by atoms with Gasteiger partial charge in [0.25, 0.3) is 0 Å². The molecular weight excluding hydrogens is 194 g/mol. The first-order chi connectivity index (χ1) is 6.79. The molecule has 0 spiro atoms. The van der Waals surface area contributed by atoms with Gasteiger partial charge in [-0.3, -0.25) is 9.69 Å². The van der Waals surface area contributed by atoms with E-state index in [-0.39, 0.29) is 0 Å². The van der Waals surface area contributed by atoms with Gasteiger partial charge < -0.3 is 0 Å². The van der Waals surface area contributed by atoms with Crippen molar-refractivity contribution in [2.75, 3.05) is 13.1 Å². The van der Waals surface area contributed by atoms with Gasteiger partial charge in [0.05, 0.1) is 4.88 Å². The SMILES string of the molecule is Cc1sc(C=O)cc1CN1CCCC1. The standard InChI is InChI=1S/C11H15NOS/c1-9-10(6-11(8-13)14-9)7-12-4-2-3-5-12/h6,8H,2-5,7H2,1H3. The number of thiophene rings is 1. The van der Waals surface area contributed by atoms with Gasteiger partial charge in [-0.2, -0.15) is 0 Å². The lowest BCUT2D eigenvalue weighted by atomic mass is 10.2. The number of hydrogen-bond donors (Lipinski definition) is 0. The van der Waals surface area contributed by atoms with Gasteiger partial charge in [0.2, 0.25) is 0 Å². The van der Waals surface area contributed by atoms with Crippen LogP contribution in [0.4, 0.5) is 0 Å². The first-order valence-corrected chi connectivity index (χ1v) is 5.88. The van der Waals surface area contributed by atoms with Crippen molar-refractivity contribution in [1.29, 1.82) is 0 Å². The van der Waals surface area contributed by atoms with Crippen LogP contribution in [-0.4, -0.2) is 24.3 Å². The minimum atomic E-state index is 0.858. The molecule has 1 aromatic rings. The molecule has 14 heavy (non-hydrogen) atoms. The maximum Gasteiger partial charge on any atom is 0.160 e. The summed E-state index contributed by atoms with van der Waals surface area (Å²) in [7, 11) is 0. The monoisotopic (exact) mass is 209 g/mol. The van der Waals surface area contributed by atoms with Gasteiger partial charge in [-0.1, -0.05) is 0 Å². The van der Waals surface area contributed by atoms with Crippen LogP contribution in [0.2, 0.25) is 0 Å². The zero-order valence-electron chi connectivity index (χ0n) is 8.45. The zero-order valence-corrected chi connectivity index (χ0v) is 9.27. The van der Waals surface area contributed by atoms with Crippen LogP contribution in [0.15, 0.2) is 6.07 Å². The number of aldehydes is 1. The van der Waals surface area contributed by atoms with Crippen LogP contribution in [0.25, 0.3) is 0 Å². The predicted molar refractivity (Wildman–Crippen MR) is 59.0 cm³/mol. The quantitative estimate of drug-likeness (QED) is 0.713. The van der Waals surface area contributed by atoms with E-state index in [0.717, 1.165) is 17.7 Å². The van der Waals surface area contributed by atoms with Crippen molar-refractivity contribution in [3.63, 3.8) is 0 Å². The third-order valence-corrected chi connectivity index (χ3v) is 3.77. The van der Waals surface area contributed by atoms with Crippen molar-refractivity contribution in [2.45, 2.75) is 26.3 Å². The molecule has 1 fully saturated rings. The predicted octanol–water partition coefficient (Wildman–Crippen LogP) is 2.46. The molecule has 0 amide bonds. The van der Waals surface area contributed by atoms with E-state index in [0.29, 0.717) is 0 Å². The Kier molecular flexibility index (Phi) is 2.99. The molecule has 0 aromatic carbocycles. The van der Waals surface area contributed by atoms with Crippen LogP contribution in [0.3, 0.4) is 0 Å². The van der Waals surface area contributed by atoms with E-state index in [1.807, 2.05) is 6.07 Å². The zero-order chi connectivity index (χ0) is 9.97. The molecule has 1 aliphatic heterocycles. The van der Waals surface area contributed by atoms with Crippen LogP contribution in [0, 0.1) is 6.92 Å². The Balaban J connectivity index is 2.07. The lowest BCUT2D eigenvalue weighted by Crippen LogP contribution is -2.18. The van der Waals surface area contributed by atoms with Crippen molar-refractivity contribution in [2.24, 2.45) is 0 Å². The highest BCUT2D eigenvalue weighted by molar-refractivity contribution is 7.13. The molecule has 0 bridgehead atoms. The lowest BCUT2D eigenvalue weighted by molar-refractivity contribution is 0.112. The smallest absolute Gasteiger partial charge is 0.160 e. The second-order valence-electron chi connectivity index (χ2n) is 3.83. The molecule has 2 heterocycles. The molecule has 0 unspecified atom stereocenters. The van der Waals surface area contributed by atoms with Crippen molar-refractivity contribution < 1.29 is 4.79 Å². The van der Waals surface area contributed by atoms with Crippen molar-refractivity contribution in [3.05, 3.63) is 21.4 Å². The molecule has 0 radical (unpaired) electrons. The molecule has 0 saturated carbocycles. The minimum Gasteiger partial charge on any atom is -0.299 e. The molecule has 0 atom stereocenters. The largest absolute Gasteiger partial charge is 0.299 e. The topological polar surface area (TPSA) is 20.3 Å². The molecule has 1 aromatic heterocycles. The van der Waals surface area contributed by atoms with E-state index in [1.54, 1.807) is 11.3 Å². The second kappa shape index (κ2) is 4.24. The van der Waals surface area contributed by atoms with E-state index in [9.17, 15) is 4.79 Å². The number of rotatable bonds is 3. The summed E-state index contributed by atoms with van der Waals surface area (Å²) in [4.78, 5) is 15.2. The van der Waals surface area contributed by atoms with Crippen LogP contribution in [0.1, 0.15) is 33.0 Å². The van der Waals surface area contributed by atoms with Crippen molar-refractivity contribution >= 4 is 17.6 Å². The van der Waals surface area contributed by atoms with Gasteiger partial charge in [0.15, 0.2) is 6.29 Å². The first-order valence-electron chi connectivity index (χ1n) is 5.06. The molecule has 0 aliphatic carbocycles. The summed E-state index contributed by atoms with van der Waals surface area (Å²) in [5, 5.41) is 0. The fourth-order valence-corrected chi connectivity index (χ4v) is 2.80. The van der Waals surface area contributed by atoms with E-state index in [1.165, 1.54) is 36.4 Å². The van der Waals surface area contributed by atoms with Crippen LogP contribution in [0.5, 0.6) is 0 Å². The van der Waals surface area contributed by atoms with Gasteiger partial charge in [-0.05, 0) is 44.5 Å². The molecule has 0 N–H and O–H groups in total. The van der Waals surface area contributed by atoms with Gasteiger partial charge in [-0.15, -0.1) is 11.3 Å². The number of nitrogens with zero attached hydrogens (tertiary/aromatic N) is 1. The van der Waals surface area contributed by atoms with Gasteiger partial charge in [0.1, 0.15) is 0 Å². The molecule has 3 heteroatoms. The fraction of sp³-hybridized carbons (Fsp3) is 0.545.